The van der Waals surface area contributed by atoms with Crippen LogP contribution in [0.4, 0.5) is 0 Å². The van der Waals surface area contributed by atoms with Gasteiger partial charge in [0.2, 0.25) is 0 Å². The average Bonchev–Trinajstić information content (AvgIpc) is 2.65. The fraction of sp³-hybridized carbons (Fsp3) is 0.500. The second kappa shape index (κ2) is 5.00. The zero-order valence-corrected chi connectivity index (χ0v) is 8.84. The highest BCUT2D eigenvalue weighted by atomic mass is 32.1. The normalized spacial score (nSPS) is 12.8. The van der Waals surface area contributed by atoms with Crippen LogP contribution in [0.5, 0.6) is 0 Å². The first-order valence-corrected chi connectivity index (χ1v) is 5.24. The lowest BCUT2D eigenvalue weighted by atomic mass is 10.2. The van der Waals surface area contributed by atoms with Gasteiger partial charge in [0.15, 0.2) is 0 Å². The molecule has 0 radical (unpaired) electrons. The SMILES string of the molecule is CC(c1cccs1)N(C)CCC#N. The Morgan fingerprint density at radius 3 is 3.00 bits per heavy atom. The van der Waals surface area contributed by atoms with Gasteiger partial charge < -0.3 is 0 Å². The van der Waals surface area contributed by atoms with E-state index >= 15 is 0 Å². The molecule has 0 aliphatic carbocycles. The summed E-state index contributed by atoms with van der Waals surface area (Å²) < 4.78 is 0. The fourth-order valence-electron chi connectivity index (χ4n) is 1.17. The maximum atomic E-state index is 8.45. The first-order chi connectivity index (χ1) is 6.25. The van der Waals surface area contributed by atoms with Gasteiger partial charge in [0, 0.05) is 23.9 Å². The summed E-state index contributed by atoms with van der Waals surface area (Å²) in [5, 5.41) is 10.5. The van der Waals surface area contributed by atoms with Crippen molar-refractivity contribution in [1.82, 2.24) is 4.90 Å². The molecule has 1 heterocycles. The highest BCUT2D eigenvalue weighted by Gasteiger charge is 2.11. The van der Waals surface area contributed by atoms with Gasteiger partial charge in [0.1, 0.15) is 0 Å². The molecule has 0 aliphatic heterocycles. The lowest BCUT2D eigenvalue weighted by molar-refractivity contribution is 0.271. The minimum atomic E-state index is 0.424. The van der Waals surface area contributed by atoms with Gasteiger partial charge in [-0.15, -0.1) is 11.3 Å². The van der Waals surface area contributed by atoms with Crippen LogP contribution in [0.1, 0.15) is 24.3 Å². The molecule has 0 bridgehead atoms. The largest absolute Gasteiger partial charge is 0.298 e. The van der Waals surface area contributed by atoms with Crippen LogP contribution < -0.4 is 0 Å². The molecular formula is C10H14N2S. The van der Waals surface area contributed by atoms with Crippen molar-refractivity contribution < 1.29 is 0 Å². The monoisotopic (exact) mass is 194 g/mol. The summed E-state index contributed by atoms with van der Waals surface area (Å²) in [6, 6.07) is 6.79. The molecule has 0 saturated heterocycles. The number of hydrogen-bond acceptors (Lipinski definition) is 3. The fourth-order valence-corrected chi connectivity index (χ4v) is 2.01. The van der Waals surface area contributed by atoms with Gasteiger partial charge >= 0.3 is 0 Å². The summed E-state index contributed by atoms with van der Waals surface area (Å²) in [6.07, 6.45) is 0.603. The molecule has 0 fully saturated rings. The molecule has 13 heavy (non-hydrogen) atoms. The minimum absolute atomic E-state index is 0.424. The van der Waals surface area contributed by atoms with E-state index in [0.717, 1.165) is 6.54 Å². The van der Waals surface area contributed by atoms with E-state index in [0.29, 0.717) is 12.5 Å². The number of rotatable bonds is 4. The van der Waals surface area contributed by atoms with Gasteiger partial charge in [-0.2, -0.15) is 5.26 Å². The highest BCUT2D eigenvalue weighted by Crippen LogP contribution is 2.22. The van der Waals surface area contributed by atoms with E-state index in [1.807, 2.05) is 0 Å². The Labute approximate surface area is 83.4 Å². The maximum absolute atomic E-state index is 8.45. The standard InChI is InChI=1S/C10H14N2S/c1-9(10-5-3-8-13-10)12(2)7-4-6-11/h3,5,8-9H,4,7H2,1-2H3. The molecule has 1 aromatic heterocycles. The second-order valence-electron chi connectivity index (χ2n) is 3.08. The van der Waals surface area contributed by atoms with Gasteiger partial charge in [-0.05, 0) is 25.4 Å². The van der Waals surface area contributed by atoms with Crippen molar-refractivity contribution in [2.24, 2.45) is 0 Å². The van der Waals surface area contributed by atoms with Crippen LogP contribution in [0.25, 0.3) is 0 Å². The number of nitriles is 1. The summed E-state index contributed by atoms with van der Waals surface area (Å²) >= 11 is 1.77. The molecule has 0 aliphatic rings. The molecule has 70 valence electrons. The van der Waals surface area contributed by atoms with Crippen molar-refractivity contribution in [3.8, 4) is 6.07 Å². The second-order valence-corrected chi connectivity index (χ2v) is 4.06. The lowest BCUT2D eigenvalue weighted by Crippen LogP contribution is -2.22. The third kappa shape index (κ3) is 2.83. The van der Waals surface area contributed by atoms with E-state index < -0.39 is 0 Å². The zero-order chi connectivity index (χ0) is 9.68. The van der Waals surface area contributed by atoms with Crippen molar-refractivity contribution >= 4 is 11.3 Å². The van der Waals surface area contributed by atoms with Crippen molar-refractivity contribution in [3.05, 3.63) is 22.4 Å². The average molecular weight is 194 g/mol. The van der Waals surface area contributed by atoms with Crippen molar-refractivity contribution in [1.29, 1.82) is 5.26 Å². The molecule has 0 spiro atoms. The summed E-state index contributed by atoms with van der Waals surface area (Å²) in [5.74, 6) is 0. The molecule has 0 saturated carbocycles. The molecule has 0 N–H and O–H groups in total. The summed E-state index contributed by atoms with van der Waals surface area (Å²) in [5.41, 5.74) is 0. The Hall–Kier alpha value is -0.850. The summed E-state index contributed by atoms with van der Waals surface area (Å²) in [6.45, 7) is 3.01. The minimum Gasteiger partial charge on any atom is -0.298 e. The molecule has 3 heteroatoms. The number of nitrogens with zero attached hydrogens (tertiary/aromatic N) is 2. The smallest absolute Gasteiger partial charge is 0.0635 e. The molecule has 1 aromatic rings. The predicted octanol–water partition coefficient (Wildman–Crippen LogP) is 2.65. The summed E-state index contributed by atoms with van der Waals surface area (Å²) in [7, 11) is 2.06. The Morgan fingerprint density at radius 1 is 1.69 bits per heavy atom. The third-order valence-corrected chi connectivity index (χ3v) is 3.23. The topological polar surface area (TPSA) is 27.0 Å². The van der Waals surface area contributed by atoms with Crippen molar-refractivity contribution in [2.75, 3.05) is 13.6 Å². The van der Waals surface area contributed by atoms with Crippen LogP contribution >= 0.6 is 11.3 Å². The first kappa shape index (κ1) is 10.2. The molecular weight excluding hydrogens is 180 g/mol. The lowest BCUT2D eigenvalue weighted by Gasteiger charge is -2.22. The van der Waals surface area contributed by atoms with Crippen LogP contribution in [0.2, 0.25) is 0 Å². The van der Waals surface area contributed by atoms with E-state index in [1.54, 1.807) is 11.3 Å². The van der Waals surface area contributed by atoms with Crippen LogP contribution in [0, 0.1) is 11.3 Å². The Kier molecular flexibility index (Phi) is 3.94. The van der Waals surface area contributed by atoms with Gasteiger partial charge in [0.25, 0.3) is 0 Å². The Bertz CT molecular complexity index is 274. The first-order valence-electron chi connectivity index (χ1n) is 4.36. The quantitative estimate of drug-likeness (QED) is 0.736. The Morgan fingerprint density at radius 2 is 2.46 bits per heavy atom. The molecule has 0 aromatic carbocycles. The predicted molar refractivity (Wildman–Crippen MR) is 55.6 cm³/mol. The summed E-state index contributed by atoms with van der Waals surface area (Å²) in [4.78, 5) is 3.56. The van der Waals surface area contributed by atoms with Crippen molar-refractivity contribution in [3.63, 3.8) is 0 Å². The third-order valence-electron chi connectivity index (χ3n) is 2.19. The maximum Gasteiger partial charge on any atom is 0.0635 e. The van der Waals surface area contributed by atoms with Crippen LogP contribution in [0.3, 0.4) is 0 Å². The molecule has 2 nitrogen and oxygen atoms in total. The zero-order valence-electron chi connectivity index (χ0n) is 8.03. The van der Waals surface area contributed by atoms with E-state index in [9.17, 15) is 0 Å². The van der Waals surface area contributed by atoms with Gasteiger partial charge in [0.05, 0.1) is 6.07 Å². The number of hydrogen-bond donors (Lipinski definition) is 0. The van der Waals surface area contributed by atoms with E-state index in [1.165, 1.54) is 4.88 Å². The van der Waals surface area contributed by atoms with Crippen molar-refractivity contribution in [2.45, 2.75) is 19.4 Å². The number of thiophene rings is 1. The van der Waals surface area contributed by atoms with E-state index in [4.69, 9.17) is 5.26 Å². The van der Waals surface area contributed by atoms with Crippen LogP contribution in [0.15, 0.2) is 17.5 Å². The molecule has 1 rings (SSSR count). The molecule has 1 unspecified atom stereocenters. The highest BCUT2D eigenvalue weighted by molar-refractivity contribution is 7.10. The van der Waals surface area contributed by atoms with Gasteiger partial charge in [-0.25, -0.2) is 0 Å². The van der Waals surface area contributed by atoms with Gasteiger partial charge in [-0.3, -0.25) is 4.90 Å². The molecule has 0 amide bonds. The van der Waals surface area contributed by atoms with Crippen LogP contribution in [-0.2, 0) is 0 Å². The molecule has 1 atom stereocenters. The Balaban J connectivity index is 2.48. The van der Waals surface area contributed by atoms with Crippen LogP contribution in [-0.4, -0.2) is 18.5 Å². The van der Waals surface area contributed by atoms with E-state index in [2.05, 4.69) is 42.5 Å². The van der Waals surface area contributed by atoms with E-state index in [-0.39, 0.29) is 0 Å². The van der Waals surface area contributed by atoms with Gasteiger partial charge in [-0.1, -0.05) is 6.07 Å².